The predicted molar refractivity (Wildman–Crippen MR) is 91.0 cm³/mol. The molecule has 4 N–H and O–H groups in total. The van der Waals surface area contributed by atoms with Gasteiger partial charge in [0.15, 0.2) is 0 Å². The number of aromatic carboxylic acids is 1. The zero-order chi connectivity index (χ0) is 18.7. The van der Waals surface area contributed by atoms with Crippen molar-refractivity contribution in [2.45, 2.75) is 51.4 Å². The number of esters is 1. The minimum atomic E-state index is -1.40. The highest BCUT2D eigenvalue weighted by Gasteiger charge is 2.19. The average Bonchev–Trinajstić information content (AvgIpc) is 2.57. The normalized spacial score (nSPS) is 10.6. The molecular weight excluding hydrogens is 328 g/mol. The van der Waals surface area contributed by atoms with Gasteiger partial charge in [-0.1, -0.05) is 38.5 Å². The van der Waals surface area contributed by atoms with Crippen molar-refractivity contribution in [3.05, 3.63) is 23.3 Å². The molecule has 0 fully saturated rings. The first-order valence-corrected chi connectivity index (χ1v) is 8.54. The van der Waals surface area contributed by atoms with Gasteiger partial charge in [-0.25, -0.2) is 9.59 Å². The molecule has 1 aromatic rings. The number of phenols is 2. The van der Waals surface area contributed by atoms with Crippen molar-refractivity contribution in [1.82, 2.24) is 0 Å². The van der Waals surface area contributed by atoms with Crippen LogP contribution in [0.2, 0.25) is 0 Å². The Hall–Kier alpha value is -2.28. The first-order valence-electron chi connectivity index (χ1n) is 8.54. The van der Waals surface area contributed by atoms with Crippen LogP contribution in [0.5, 0.6) is 11.5 Å². The fraction of sp³-hybridized carbons (Fsp3) is 0.556. The number of benzene rings is 1. The first kappa shape index (κ1) is 20.8. The summed E-state index contributed by atoms with van der Waals surface area (Å²) in [6.07, 6.45) is 7.90. The minimum Gasteiger partial charge on any atom is -0.507 e. The van der Waals surface area contributed by atoms with Crippen LogP contribution in [0.4, 0.5) is 0 Å². The van der Waals surface area contributed by atoms with E-state index in [0.29, 0.717) is 6.42 Å². The van der Waals surface area contributed by atoms with E-state index in [1.165, 1.54) is 0 Å². The molecule has 0 amide bonds. The molecule has 0 aliphatic carbocycles. The molecule has 0 spiro atoms. The number of aliphatic hydroxyl groups is 1. The van der Waals surface area contributed by atoms with Gasteiger partial charge < -0.3 is 25.2 Å². The number of carboxylic acid groups (broad SMARTS) is 1. The van der Waals surface area contributed by atoms with E-state index >= 15 is 0 Å². The molecule has 140 valence electrons. The molecule has 0 aliphatic heterocycles. The number of phenolic OH excluding ortho intramolecular Hbond substituents is 1. The van der Waals surface area contributed by atoms with Crippen molar-refractivity contribution in [2.24, 2.45) is 0 Å². The van der Waals surface area contributed by atoms with Crippen LogP contribution in [0.25, 0.3) is 0 Å². The molecule has 1 aromatic carbocycles. The standard InChI is InChI=1S/C18H26O7/c19-9-7-5-3-1-2-4-6-8-10-25-18(24)14-12-15(20)13(17(22)23)11-16(14)21/h11-12,19-21H,1-10H2,(H,22,23). The maximum absolute atomic E-state index is 11.9. The van der Waals surface area contributed by atoms with Gasteiger partial charge in [0, 0.05) is 6.61 Å². The quantitative estimate of drug-likeness (QED) is 0.258. The summed E-state index contributed by atoms with van der Waals surface area (Å²) in [7, 11) is 0. The molecule has 7 heteroatoms. The Labute approximate surface area is 146 Å². The van der Waals surface area contributed by atoms with Gasteiger partial charge in [-0.3, -0.25) is 0 Å². The van der Waals surface area contributed by atoms with Gasteiger partial charge in [0.2, 0.25) is 0 Å². The van der Waals surface area contributed by atoms with Crippen LogP contribution in [-0.2, 0) is 4.74 Å². The molecule has 0 aliphatic rings. The van der Waals surface area contributed by atoms with Crippen LogP contribution < -0.4 is 0 Å². The Morgan fingerprint density at radius 2 is 1.28 bits per heavy atom. The van der Waals surface area contributed by atoms with E-state index in [4.69, 9.17) is 14.9 Å². The Balaban J connectivity index is 2.27. The number of rotatable bonds is 12. The van der Waals surface area contributed by atoms with E-state index in [2.05, 4.69) is 0 Å². The van der Waals surface area contributed by atoms with Crippen LogP contribution in [0, 0.1) is 0 Å². The van der Waals surface area contributed by atoms with Crippen molar-refractivity contribution in [3.8, 4) is 11.5 Å². The molecule has 0 heterocycles. The zero-order valence-corrected chi connectivity index (χ0v) is 14.2. The number of unbranched alkanes of at least 4 members (excludes halogenated alkanes) is 7. The molecule has 7 nitrogen and oxygen atoms in total. The van der Waals surface area contributed by atoms with Gasteiger partial charge in [-0.2, -0.15) is 0 Å². The van der Waals surface area contributed by atoms with E-state index in [1.54, 1.807) is 0 Å². The second-order valence-electron chi connectivity index (χ2n) is 5.88. The Kier molecular flexibility index (Phi) is 9.39. The molecule has 0 radical (unpaired) electrons. The van der Waals surface area contributed by atoms with E-state index in [9.17, 15) is 19.8 Å². The third kappa shape index (κ3) is 7.43. The smallest absolute Gasteiger partial charge is 0.342 e. The van der Waals surface area contributed by atoms with Gasteiger partial charge in [0.25, 0.3) is 0 Å². The maximum atomic E-state index is 11.9. The highest BCUT2D eigenvalue weighted by molar-refractivity contribution is 5.97. The lowest BCUT2D eigenvalue weighted by atomic mass is 10.1. The first-order chi connectivity index (χ1) is 12.0. The lowest BCUT2D eigenvalue weighted by Crippen LogP contribution is -2.08. The summed E-state index contributed by atoms with van der Waals surface area (Å²) in [5.74, 6) is -3.33. The Bertz CT molecular complexity index is 569. The second-order valence-corrected chi connectivity index (χ2v) is 5.88. The number of hydrogen-bond donors (Lipinski definition) is 4. The number of ether oxygens (including phenoxy) is 1. The maximum Gasteiger partial charge on any atom is 0.342 e. The predicted octanol–water partition coefficient (Wildman–Crippen LogP) is 3.07. The molecule has 0 atom stereocenters. The van der Waals surface area contributed by atoms with Gasteiger partial charge in [0.1, 0.15) is 22.6 Å². The summed E-state index contributed by atoms with van der Waals surface area (Å²) in [5.41, 5.74) is -0.737. The highest BCUT2D eigenvalue weighted by Crippen LogP contribution is 2.27. The number of carboxylic acids is 1. The highest BCUT2D eigenvalue weighted by atomic mass is 16.5. The van der Waals surface area contributed by atoms with Crippen molar-refractivity contribution < 1.29 is 34.8 Å². The molecule has 0 saturated carbocycles. The van der Waals surface area contributed by atoms with E-state index < -0.39 is 29.0 Å². The van der Waals surface area contributed by atoms with Gasteiger partial charge in [0.05, 0.1) is 6.61 Å². The number of aliphatic hydroxyl groups excluding tert-OH is 1. The van der Waals surface area contributed by atoms with Crippen molar-refractivity contribution in [3.63, 3.8) is 0 Å². The summed E-state index contributed by atoms with van der Waals surface area (Å²) in [6, 6.07) is 1.72. The molecule has 1 rings (SSSR count). The molecule has 0 saturated heterocycles. The molecule has 0 unspecified atom stereocenters. The van der Waals surface area contributed by atoms with Gasteiger partial charge in [-0.15, -0.1) is 0 Å². The number of carbonyl (C=O) groups is 2. The summed E-state index contributed by atoms with van der Waals surface area (Å²) >= 11 is 0. The molecule has 25 heavy (non-hydrogen) atoms. The minimum absolute atomic E-state index is 0.199. The molecule has 0 bridgehead atoms. The van der Waals surface area contributed by atoms with Crippen molar-refractivity contribution in [1.29, 1.82) is 0 Å². The van der Waals surface area contributed by atoms with Gasteiger partial charge in [-0.05, 0) is 25.0 Å². The van der Waals surface area contributed by atoms with Crippen molar-refractivity contribution >= 4 is 11.9 Å². The number of carbonyl (C=O) groups excluding carboxylic acids is 1. The molecule has 0 aromatic heterocycles. The summed E-state index contributed by atoms with van der Waals surface area (Å²) in [5, 5.41) is 36.8. The monoisotopic (exact) mass is 354 g/mol. The Morgan fingerprint density at radius 1 is 0.800 bits per heavy atom. The van der Waals surface area contributed by atoms with E-state index in [-0.39, 0.29) is 18.8 Å². The van der Waals surface area contributed by atoms with Crippen LogP contribution in [0.15, 0.2) is 12.1 Å². The fourth-order valence-corrected chi connectivity index (χ4v) is 2.43. The number of hydrogen-bond acceptors (Lipinski definition) is 6. The lowest BCUT2D eigenvalue weighted by molar-refractivity contribution is 0.0492. The molecular formula is C18H26O7. The fourth-order valence-electron chi connectivity index (χ4n) is 2.43. The SMILES string of the molecule is O=C(O)c1cc(O)c(C(=O)OCCCCCCCCCCO)cc1O. The Morgan fingerprint density at radius 3 is 1.84 bits per heavy atom. The summed E-state index contributed by atoms with van der Waals surface area (Å²) in [6.45, 7) is 0.446. The van der Waals surface area contributed by atoms with Crippen LogP contribution in [-0.4, -0.2) is 45.6 Å². The summed E-state index contributed by atoms with van der Waals surface area (Å²) < 4.78 is 5.04. The average molecular weight is 354 g/mol. The van der Waals surface area contributed by atoms with Crippen LogP contribution in [0.3, 0.4) is 0 Å². The third-order valence-electron chi connectivity index (χ3n) is 3.85. The largest absolute Gasteiger partial charge is 0.507 e. The summed E-state index contributed by atoms with van der Waals surface area (Å²) in [4.78, 5) is 22.7. The third-order valence-corrected chi connectivity index (χ3v) is 3.85. The van der Waals surface area contributed by atoms with E-state index in [1.807, 2.05) is 0 Å². The van der Waals surface area contributed by atoms with Gasteiger partial charge >= 0.3 is 11.9 Å². The second kappa shape index (κ2) is 11.3. The van der Waals surface area contributed by atoms with Crippen LogP contribution >= 0.6 is 0 Å². The zero-order valence-electron chi connectivity index (χ0n) is 14.2. The lowest BCUT2D eigenvalue weighted by Gasteiger charge is -2.08. The number of aromatic hydroxyl groups is 2. The van der Waals surface area contributed by atoms with Crippen LogP contribution in [0.1, 0.15) is 72.1 Å². The topological polar surface area (TPSA) is 124 Å². The van der Waals surface area contributed by atoms with E-state index in [0.717, 1.165) is 57.1 Å². The van der Waals surface area contributed by atoms with Crippen molar-refractivity contribution in [2.75, 3.05) is 13.2 Å².